The number of methoxy groups -OCH3 is 1. The molecule has 1 aliphatic rings. The van der Waals surface area contributed by atoms with Crippen LogP contribution >= 0.6 is 0 Å². The summed E-state index contributed by atoms with van der Waals surface area (Å²) in [6.07, 6.45) is 3.70. The molecule has 0 saturated heterocycles. The van der Waals surface area contributed by atoms with Crippen LogP contribution in [0.25, 0.3) is 6.08 Å². The fraction of sp³-hybridized carbons (Fsp3) is 0.357. The Hall–Kier alpha value is -1.77. The summed E-state index contributed by atoms with van der Waals surface area (Å²) in [6, 6.07) is 5.92. The molecule has 17 heavy (non-hydrogen) atoms. The molecule has 1 atom stereocenters. The lowest BCUT2D eigenvalue weighted by Crippen LogP contribution is -2.15. The fourth-order valence-corrected chi connectivity index (χ4v) is 2.12. The molecule has 1 aliphatic carbocycles. The molecule has 1 aromatic carbocycles. The zero-order valence-corrected chi connectivity index (χ0v) is 10.1. The number of hydrogen-bond donors (Lipinski definition) is 1. The van der Waals surface area contributed by atoms with E-state index in [1.165, 1.54) is 5.56 Å². The normalized spacial score (nSPS) is 15.8. The molecule has 0 aliphatic heterocycles. The van der Waals surface area contributed by atoms with Gasteiger partial charge in [-0.1, -0.05) is 17.7 Å². The van der Waals surface area contributed by atoms with E-state index in [1.807, 2.05) is 24.3 Å². The highest BCUT2D eigenvalue weighted by Crippen LogP contribution is 2.30. The maximum absolute atomic E-state index is 11.0. The quantitative estimate of drug-likeness (QED) is 0.871. The van der Waals surface area contributed by atoms with Gasteiger partial charge in [0.25, 0.3) is 0 Å². The third kappa shape index (κ3) is 2.33. The third-order valence-electron chi connectivity index (χ3n) is 3.30. The Bertz CT molecular complexity index is 474. The summed E-state index contributed by atoms with van der Waals surface area (Å²) in [4.78, 5) is 11.0. The monoisotopic (exact) mass is 232 g/mol. The van der Waals surface area contributed by atoms with Gasteiger partial charge in [0.1, 0.15) is 5.75 Å². The molecule has 3 heteroatoms. The minimum Gasteiger partial charge on any atom is -0.497 e. The molecule has 0 heterocycles. The first-order chi connectivity index (χ1) is 8.11. The van der Waals surface area contributed by atoms with Crippen molar-refractivity contribution >= 4 is 12.0 Å². The smallest absolute Gasteiger partial charge is 0.310 e. The molecule has 0 spiro atoms. The molecule has 1 N–H and O–H groups in total. The average molecular weight is 232 g/mol. The van der Waals surface area contributed by atoms with E-state index in [4.69, 9.17) is 9.84 Å². The molecular weight excluding hydrogens is 216 g/mol. The van der Waals surface area contributed by atoms with Gasteiger partial charge >= 0.3 is 5.97 Å². The van der Waals surface area contributed by atoms with Gasteiger partial charge in [0.15, 0.2) is 0 Å². The molecule has 2 rings (SSSR count). The maximum Gasteiger partial charge on any atom is 0.310 e. The van der Waals surface area contributed by atoms with Crippen LogP contribution in [0.15, 0.2) is 23.8 Å². The van der Waals surface area contributed by atoms with Gasteiger partial charge in [-0.15, -0.1) is 0 Å². The Morgan fingerprint density at radius 3 is 2.82 bits per heavy atom. The molecule has 0 saturated carbocycles. The third-order valence-corrected chi connectivity index (χ3v) is 3.30. The van der Waals surface area contributed by atoms with Gasteiger partial charge in [0.2, 0.25) is 0 Å². The Morgan fingerprint density at radius 1 is 1.41 bits per heavy atom. The van der Waals surface area contributed by atoms with Crippen molar-refractivity contribution in [2.75, 3.05) is 7.11 Å². The minimum absolute atomic E-state index is 0.398. The number of aliphatic carboxylic acids is 1. The Morgan fingerprint density at radius 2 is 2.18 bits per heavy atom. The largest absolute Gasteiger partial charge is 0.497 e. The fourth-order valence-electron chi connectivity index (χ4n) is 2.12. The van der Waals surface area contributed by atoms with Crippen LogP contribution in [0, 0.1) is 5.92 Å². The van der Waals surface area contributed by atoms with Gasteiger partial charge < -0.3 is 9.84 Å². The summed E-state index contributed by atoms with van der Waals surface area (Å²) >= 11 is 0. The van der Waals surface area contributed by atoms with Crippen molar-refractivity contribution in [2.24, 2.45) is 5.92 Å². The number of carboxylic acids is 1. The number of fused-ring (bicyclic) bond motifs is 1. The second-order valence-electron chi connectivity index (χ2n) is 4.34. The Labute approximate surface area is 101 Å². The molecule has 1 unspecified atom stereocenters. The van der Waals surface area contributed by atoms with Crippen molar-refractivity contribution in [1.29, 1.82) is 0 Å². The highest BCUT2D eigenvalue weighted by Gasteiger charge is 2.20. The molecule has 0 amide bonds. The van der Waals surface area contributed by atoms with Crippen LogP contribution in [0.1, 0.15) is 24.5 Å². The van der Waals surface area contributed by atoms with Crippen LogP contribution in [0.5, 0.6) is 5.75 Å². The second kappa shape index (κ2) is 4.62. The van der Waals surface area contributed by atoms with Crippen molar-refractivity contribution in [2.45, 2.75) is 19.8 Å². The molecule has 1 aromatic rings. The van der Waals surface area contributed by atoms with E-state index >= 15 is 0 Å². The first kappa shape index (κ1) is 11.7. The van der Waals surface area contributed by atoms with Crippen LogP contribution in [0.3, 0.4) is 0 Å². The topological polar surface area (TPSA) is 46.5 Å². The standard InChI is InChI=1S/C14H16O3/c1-9(14(15)16)10-3-4-12-8-13(17-2)6-5-11(12)7-10/h5-9H,3-4H2,1-2H3,(H,15,16). The van der Waals surface area contributed by atoms with Crippen LogP contribution in [0.4, 0.5) is 0 Å². The average Bonchev–Trinajstić information content (AvgIpc) is 2.36. The summed E-state index contributed by atoms with van der Waals surface area (Å²) in [5.74, 6) is -0.301. The van der Waals surface area contributed by atoms with Gasteiger partial charge in [-0.25, -0.2) is 0 Å². The molecule has 0 radical (unpaired) electrons. The minimum atomic E-state index is -0.756. The Kier molecular flexibility index (Phi) is 3.18. The van der Waals surface area contributed by atoms with Crippen LogP contribution < -0.4 is 4.74 Å². The summed E-state index contributed by atoms with van der Waals surface area (Å²) in [5, 5.41) is 9.00. The number of benzene rings is 1. The number of carboxylic acid groups (broad SMARTS) is 1. The SMILES string of the molecule is COc1ccc2c(c1)CCC(C(C)C(=O)O)=C2. The first-order valence-corrected chi connectivity index (χ1v) is 5.72. The van der Waals surface area contributed by atoms with E-state index in [-0.39, 0.29) is 0 Å². The molecule has 90 valence electrons. The zero-order chi connectivity index (χ0) is 12.4. The summed E-state index contributed by atoms with van der Waals surface area (Å²) in [6.45, 7) is 1.74. The second-order valence-corrected chi connectivity index (χ2v) is 4.34. The first-order valence-electron chi connectivity index (χ1n) is 5.72. The number of rotatable bonds is 3. The molecular formula is C14H16O3. The molecule has 0 fully saturated rings. The predicted octanol–water partition coefficient (Wildman–Crippen LogP) is 2.75. The number of hydrogen-bond acceptors (Lipinski definition) is 2. The maximum atomic E-state index is 11.0. The van der Waals surface area contributed by atoms with Crippen LogP contribution in [0.2, 0.25) is 0 Å². The van der Waals surface area contributed by atoms with Crippen molar-refractivity contribution in [3.8, 4) is 5.75 Å². The number of carbonyl (C=O) groups is 1. The van der Waals surface area contributed by atoms with E-state index in [9.17, 15) is 4.79 Å². The van der Waals surface area contributed by atoms with E-state index in [1.54, 1.807) is 14.0 Å². The summed E-state index contributed by atoms with van der Waals surface area (Å²) in [5.41, 5.74) is 3.33. The van der Waals surface area contributed by atoms with E-state index in [2.05, 4.69) is 0 Å². The number of aryl methyl sites for hydroxylation is 1. The van der Waals surface area contributed by atoms with Gasteiger partial charge in [0.05, 0.1) is 13.0 Å². The van der Waals surface area contributed by atoms with E-state index < -0.39 is 11.9 Å². The van der Waals surface area contributed by atoms with Crippen molar-refractivity contribution < 1.29 is 14.6 Å². The lowest BCUT2D eigenvalue weighted by molar-refractivity contribution is -0.139. The Balaban J connectivity index is 2.32. The van der Waals surface area contributed by atoms with Crippen LogP contribution in [-0.4, -0.2) is 18.2 Å². The highest BCUT2D eigenvalue weighted by atomic mass is 16.5. The number of ether oxygens (including phenoxy) is 1. The van der Waals surface area contributed by atoms with Crippen molar-refractivity contribution in [3.63, 3.8) is 0 Å². The van der Waals surface area contributed by atoms with Gasteiger partial charge in [0, 0.05) is 0 Å². The van der Waals surface area contributed by atoms with E-state index in [0.29, 0.717) is 0 Å². The van der Waals surface area contributed by atoms with Gasteiger partial charge in [-0.2, -0.15) is 0 Å². The summed E-state index contributed by atoms with van der Waals surface area (Å²) in [7, 11) is 1.65. The molecule has 0 bridgehead atoms. The lowest BCUT2D eigenvalue weighted by Gasteiger charge is -2.19. The highest BCUT2D eigenvalue weighted by molar-refractivity contribution is 5.76. The molecule has 3 nitrogen and oxygen atoms in total. The van der Waals surface area contributed by atoms with Crippen molar-refractivity contribution in [1.82, 2.24) is 0 Å². The van der Waals surface area contributed by atoms with Gasteiger partial charge in [-0.3, -0.25) is 4.79 Å². The predicted molar refractivity (Wildman–Crippen MR) is 66.1 cm³/mol. The molecule has 0 aromatic heterocycles. The van der Waals surface area contributed by atoms with Crippen molar-refractivity contribution in [3.05, 3.63) is 34.9 Å². The van der Waals surface area contributed by atoms with E-state index in [0.717, 1.165) is 29.7 Å². The lowest BCUT2D eigenvalue weighted by atomic mass is 9.86. The van der Waals surface area contributed by atoms with Gasteiger partial charge in [-0.05, 0) is 43.0 Å². The van der Waals surface area contributed by atoms with Crippen LogP contribution in [-0.2, 0) is 11.2 Å². The zero-order valence-electron chi connectivity index (χ0n) is 10.1. The summed E-state index contributed by atoms with van der Waals surface area (Å²) < 4.78 is 5.18.